The van der Waals surface area contributed by atoms with E-state index >= 15 is 0 Å². The number of likely N-dealkylation sites (tertiary alicyclic amines) is 1. The number of ether oxygens (including phenoxy) is 2. The monoisotopic (exact) mass is 257 g/mol. The molecule has 1 atom stereocenters. The highest BCUT2D eigenvalue weighted by molar-refractivity contribution is 5.85. The van der Waals surface area contributed by atoms with Gasteiger partial charge < -0.3 is 9.47 Å². The molecule has 1 rings (SSSR count). The van der Waals surface area contributed by atoms with Crippen molar-refractivity contribution in [3.05, 3.63) is 0 Å². The van der Waals surface area contributed by atoms with Crippen LogP contribution in [0.3, 0.4) is 0 Å². The number of piperidine rings is 1. The van der Waals surface area contributed by atoms with E-state index in [1.165, 1.54) is 12.0 Å². The second-order valence-corrected chi connectivity index (χ2v) is 5.85. The van der Waals surface area contributed by atoms with Crippen LogP contribution in [0.4, 0.5) is 4.79 Å². The molecule has 0 radical (unpaired) electrons. The van der Waals surface area contributed by atoms with Gasteiger partial charge in [-0.1, -0.05) is 0 Å². The number of amides is 1. The SMILES string of the molecule is COC(=O)[C@]1(C)CCCCN1C(=O)OC(C)(C)C. The van der Waals surface area contributed by atoms with Crippen LogP contribution >= 0.6 is 0 Å². The van der Waals surface area contributed by atoms with Gasteiger partial charge in [0.25, 0.3) is 0 Å². The van der Waals surface area contributed by atoms with Gasteiger partial charge in [0.1, 0.15) is 11.1 Å². The highest BCUT2D eigenvalue weighted by Crippen LogP contribution is 2.30. The van der Waals surface area contributed by atoms with E-state index in [0.717, 1.165) is 12.8 Å². The summed E-state index contributed by atoms with van der Waals surface area (Å²) in [5.74, 6) is -0.381. The maximum Gasteiger partial charge on any atom is 0.411 e. The van der Waals surface area contributed by atoms with Crippen LogP contribution < -0.4 is 0 Å². The lowest BCUT2D eigenvalue weighted by Crippen LogP contribution is -2.58. The maximum atomic E-state index is 12.1. The number of hydrogen-bond donors (Lipinski definition) is 0. The van der Waals surface area contributed by atoms with Crippen molar-refractivity contribution in [2.45, 2.75) is 58.1 Å². The summed E-state index contributed by atoms with van der Waals surface area (Å²) in [5.41, 5.74) is -1.47. The summed E-state index contributed by atoms with van der Waals surface area (Å²) < 4.78 is 10.2. The van der Waals surface area contributed by atoms with Gasteiger partial charge in [0.2, 0.25) is 0 Å². The van der Waals surface area contributed by atoms with Crippen molar-refractivity contribution in [3.8, 4) is 0 Å². The van der Waals surface area contributed by atoms with Crippen LogP contribution in [-0.4, -0.2) is 41.8 Å². The summed E-state index contributed by atoms with van der Waals surface area (Å²) in [6.07, 6.45) is 1.95. The molecular weight excluding hydrogens is 234 g/mol. The van der Waals surface area contributed by atoms with Gasteiger partial charge in [-0.2, -0.15) is 0 Å². The van der Waals surface area contributed by atoms with E-state index in [4.69, 9.17) is 9.47 Å². The summed E-state index contributed by atoms with van der Waals surface area (Å²) in [6, 6.07) is 0. The fourth-order valence-corrected chi connectivity index (χ4v) is 2.16. The fourth-order valence-electron chi connectivity index (χ4n) is 2.16. The largest absolute Gasteiger partial charge is 0.467 e. The molecule has 0 N–H and O–H groups in total. The van der Waals surface area contributed by atoms with Gasteiger partial charge in [0.05, 0.1) is 7.11 Å². The molecule has 1 aliphatic rings. The molecular formula is C13H23NO4. The summed E-state index contributed by atoms with van der Waals surface area (Å²) in [6.45, 7) is 7.70. The van der Waals surface area contributed by atoms with Gasteiger partial charge in [-0.05, 0) is 47.0 Å². The molecule has 0 aromatic heterocycles. The van der Waals surface area contributed by atoms with Crippen molar-refractivity contribution in [1.29, 1.82) is 0 Å². The van der Waals surface area contributed by atoms with Crippen molar-refractivity contribution < 1.29 is 19.1 Å². The highest BCUT2D eigenvalue weighted by atomic mass is 16.6. The van der Waals surface area contributed by atoms with Crippen LogP contribution in [0.25, 0.3) is 0 Å². The Morgan fingerprint density at radius 3 is 2.33 bits per heavy atom. The summed E-state index contributed by atoms with van der Waals surface area (Å²) in [4.78, 5) is 25.5. The Hall–Kier alpha value is -1.26. The molecule has 0 bridgehead atoms. The first kappa shape index (κ1) is 14.8. The first-order valence-electron chi connectivity index (χ1n) is 6.30. The molecule has 5 nitrogen and oxygen atoms in total. The van der Waals surface area contributed by atoms with E-state index < -0.39 is 17.2 Å². The average Bonchev–Trinajstić information content (AvgIpc) is 2.26. The maximum absolute atomic E-state index is 12.1. The number of rotatable bonds is 1. The zero-order valence-electron chi connectivity index (χ0n) is 11.9. The van der Waals surface area contributed by atoms with E-state index in [1.54, 1.807) is 6.92 Å². The topological polar surface area (TPSA) is 55.8 Å². The molecule has 0 unspecified atom stereocenters. The average molecular weight is 257 g/mol. The van der Waals surface area contributed by atoms with E-state index in [0.29, 0.717) is 13.0 Å². The smallest absolute Gasteiger partial charge is 0.411 e. The summed E-state index contributed by atoms with van der Waals surface area (Å²) in [7, 11) is 1.34. The molecule has 18 heavy (non-hydrogen) atoms. The first-order chi connectivity index (χ1) is 8.20. The number of carbonyl (C=O) groups is 2. The van der Waals surface area contributed by atoms with Gasteiger partial charge in [-0.3, -0.25) is 4.90 Å². The number of methoxy groups -OCH3 is 1. The Kier molecular flexibility index (Phi) is 4.24. The minimum Gasteiger partial charge on any atom is -0.467 e. The van der Waals surface area contributed by atoms with Crippen molar-refractivity contribution in [2.75, 3.05) is 13.7 Å². The lowest BCUT2D eigenvalue weighted by molar-refractivity contribution is -0.156. The standard InChI is InChI=1S/C13H23NO4/c1-12(2,3)18-11(16)14-9-7-6-8-13(14,4)10(15)17-5/h6-9H2,1-5H3/t13-/m0/s1. The van der Waals surface area contributed by atoms with E-state index in [1.807, 2.05) is 20.8 Å². The number of carbonyl (C=O) groups excluding carboxylic acids is 2. The highest BCUT2D eigenvalue weighted by Gasteiger charge is 2.46. The van der Waals surface area contributed by atoms with E-state index in [2.05, 4.69) is 0 Å². The second-order valence-electron chi connectivity index (χ2n) is 5.85. The lowest BCUT2D eigenvalue weighted by Gasteiger charge is -2.42. The number of hydrogen-bond acceptors (Lipinski definition) is 4. The molecule has 1 saturated heterocycles. The molecule has 104 valence electrons. The predicted octanol–water partition coefficient (Wildman–Crippen LogP) is 2.34. The number of nitrogens with zero attached hydrogens (tertiary/aromatic N) is 1. The lowest BCUT2D eigenvalue weighted by atomic mass is 9.89. The Morgan fingerprint density at radius 1 is 1.22 bits per heavy atom. The minimum absolute atomic E-state index is 0.381. The molecule has 0 aromatic rings. The summed E-state index contributed by atoms with van der Waals surface area (Å²) >= 11 is 0. The molecule has 0 aliphatic carbocycles. The Balaban J connectivity index is 2.89. The van der Waals surface area contributed by atoms with Crippen molar-refractivity contribution in [3.63, 3.8) is 0 Å². The normalized spacial score (nSPS) is 24.6. The fraction of sp³-hybridized carbons (Fsp3) is 0.846. The van der Waals surface area contributed by atoms with Crippen LogP contribution in [0.15, 0.2) is 0 Å². The third-order valence-corrected chi connectivity index (χ3v) is 3.13. The Morgan fingerprint density at radius 2 is 1.83 bits per heavy atom. The van der Waals surface area contributed by atoms with Crippen molar-refractivity contribution >= 4 is 12.1 Å². The van der Waals surface area contributed by atoms with Crippen LogP contribution in [0, 0.1) is 0 Å². The quantitative estimate of drug-likeness (QED) is 0.677. The predicted molar refractivity (Wildman–Crippen MR) is 67.2 cm³/mol. The van der Waals surface area contributed by atoms with E-state index in [-0.39, 0.29) is 5.97 Å². The van der Waals surface area contributed by atoms with Crippen molar-refractivity contribution in [1.82, 2.24) is 4.90 Å². The van der Waals surface area contributed by atoms with Gasteiger partial charge in [0, 0.05) is 6.54 Å². The van der Waals surface area contributed by atoms with Crippen LogP contribution in [0.5, 0.6) is 0 Å². The van der Waals surface area contributed by atoms with Crippen LogP contribution in [-0.2, 0) is 14.3 Å². The molecule has 0 spiro atoms. The zero-order valence-corrected chi connectivity index (χ0v) is 11.9. The zero-order chi connectivity index (χ0) is 14.0. The van der Waals surface area contributed by atoms with E-state index in [9.17, 15) is 9.59 Å². The third kappa shape index (κ3) is 3.15. The van der Waals surface area contributed by atoms with Crippen molar-refractivity contribution in [2.24, 2.45) is 0 Å². The first-order valence-corrected chi connectivity index (χ1v) is 6.30. The minimum atomic E-state index is -0.907. The molecule has 1 aliphatic heterocycles. The Labute approximate surface area is 108 Å². The molecule has 0 aromatic carbocycles. The number of esters is 1. The summed E-state index contributed by atoms with van der Waals surface area (Å²) in [5, 5.41) is 0. The van der Waals surface area contributed by atoms with Crippen LogP contribution in [0.2, 0.25) is 0 Å². The molecule has 1 heterocycles. The third-order valence-electron chi connectivity index (χ3n) is 3.13. The van der Waals surface area contributed by atoms with Gasteiger partial charge >= 0.3 is 12.1 Å². The second kappa shape index (κ2) is 5.16. The molecule has 1 amide bonds. The molecule has 0 saturated carbocycles. The molecule has 1 fully saturated rings. The van der Waals surface area contributed by atoms with Gasteiger partial charge in [0.15, 0.2) is 0 Å². The Bertz CT molecular complexity index is 334. The van der Waals surface area contributed by atoms with Crippen LogP contribution in [0.1, 0.15) is 47.0 Å². The van der Waals surface area contributed by atoms with Gasteiger partial charge in [-0.25, -0.2) is 9.59 Å². The van der Waals surface area contributed by atoms with Gasteiger partial charge in [-0.15, -0.1) is 0 Å². The molecule has 5 heteroatoms.